The number of nitrogens with zero attached hydrogens (tertiary/aromatic N) is 1. The van der Waals surface area contributed by atoms with Gasteiger partial charge in [-0.05, 0) is 24.6 Å². The van der Waals surface area contributed by atoms with Crippen LogP contribution in [0.1, 0.15) is 5.56 Å². The maximum atomic E-state index is 13.5. The number of halogens is 2. The summed E-state index contributed by atoms with van der Waals surface area (Å²) in [5.74, 6) is -1.18. The number of methoxy groups -OCH3 is 1. The van der Waals surface area contributed by atoms with Crippen LogP contribution in [0.3, 0.4) is 0 Å². The second kappa shape index (κ2) is 7.80. The Morgan fingerprint density at radius 2 is 2.08 bits per heavy atom. The van der Waals surface area contributed by atoms with Crippen molar-refractivity contribution >= 4 is 28.9 Å². The van der Waals surface area contributed by atoms with E-state index < -0.39 is 28.9 Å². The first-order valence-corrected chi connectivity index (χ1v) is 7.40. The summed E-state index contributed by atoms with van der Waals surface area (Å²) in [5, 5.41) is 13.6. The van der Waals surface area contributed by atoms with Crippen LogP contribution in [0.25, 0.3) is 0 Å². The maximum absolute atomic E-state index is 13.5. The lowest BCUT2D eigenvalue weighted by Crippen LogP contribution is -2.20. The number of hydrogen-bond donors (Lipinski definition) is 1. The number of nitro benzene ring substituents is 1. The van der Waals surface area contributed by atoms with E-state index >= 15 is 0 Å². The summed E-state index contributed by atoms with van der Waals surface area (Å²) in [5.41, 5.74) is 0.488. The summed E-state index contributed by atoms with van der Waals surface area (Å²) < 4.78 is 23.8. The van der Waals surface area contributed by atoms with Gasteiger partial charge in [-0.25, -0.2) is 0 Å². The summed E-state index contributed by atoms with van der Waals surface area (Å²) in [6.07, 6.45) is 0. The van der Waals surface area contributed by atoms with Gasteiger partial charge in [0.05, 0.1) is 17.7 Å². The summed E-state index contributed by atoms with van der Waals surface area (Å²) in [4.78, 5) is 21.7. The molecule has 0 saturated carbocycles. The number of amides is 1. The third-order valence-corrected chi connectivity index (χ3v) is 3.65. The summed E-state index contributed by atoms with van der Waals surface area (Å²) in [6.45, 7) is 1.36. The van der Waals surface area contributed by atoms with Crippen molar-refractivity contribution < 1.29 is 23.6 Å². The van der Waals surface area contributed by atoms with Gasteiger partial charge in [-0.2, -0.15) is 4.39 Å². The molecule has 0 heterocycles. The molecule has 0 aliphatic carbocycles. The van der Waals surface area contributed by atoms with E-state index in [0.29, 0.717) is 16.5 Å². The third kappa shape index (κ3) is 4.57. The van der Waals surface area contributed by atoms with E-state index in [1.807, 2.05) is 0 Å². The van der Waals surface area contributed by atoms with Gasteiger partial charge in [0.25, 0.3) is 5.91 Å². The second-order valence-corrected chi connectivity index (χ2v) is 5.42. The van der Waals surface area contributed by atoms with Crippen molar-refractivity contribution in [3.63, 3.8) is 0 Å². The number of nitrogens with one attached hydrogen (secondary N) is 1. The lowest BCUT2D eigenvalue weighted by atomic mass is 10.2. The number of benzene rings is 2. The van der Waals surface area contributed by atoms with Crippen molar-refractivity contribution in [2.45, 2.75) is 6.92 Å². The first-order valence-electron chi connectivity index (χ1n) is 7.02. The molecule has 7 nitrogen and oxygen atoms in total. The van der Waals surface area contributed by atoms with E-state index in [1.165, 1.54) is 13.2 Å². The van der Waals surface area contributed by atoms with Crippen molar-refractivity contribution in [3.8, 4) is 11.5 Å². The number of ether oxygens (including phenoxy) is 2. The SMILES string of the molecule is COc1cc(Cl)c(C)cc1NC(=O)COc1ccc([N+](=O)[O-])c(F)c1. The quantitative estimate of drug-likeness (QED) is 0.619. The molecule has 0 fully saturated rings. The zero-order valence-corrected chi connectivity index (χ0v) is 14.1. The van der Waals surface area contributed by atoms with Crippen molar-refractivity contribution in [1.29, 1.82) is 0 Å². The van der Waals surface area contributed by atoms with E-state index in [1.54, 1.807) is 19.1 Å². The maximum Gasteiger partial charge on any atom is 0.305 e. The van der Waals surface area contributed by atoms with Crippen LogP contribution in [0, 0.1) is 22.9 Å². The molecule has 0 radical (unpaired) electrons. The Kier molecular flexibility index (Phi) is 5.76. The number of nitro groups is 1. The number of rotatable bonds is 6. The molecular weight excluding hydrogens is 355 g/mol. The van der Waals surface area contributed by atoms with E-state index in [2.05, 4.69) is 5.32 Å². The molecule has 0 atom stereocenters. The summed E-state index contributed by atoms with van der Waals surface area (Å²) in [6, 6.07) is 6.23. The molecule has 0 aliphatic rings. The Bertz CT molecular complexity index is 828. The first-order chi connectivity index (χ1) is 11.8. The number of carbonyl (C=O) groups is 1. The number of anilines is 1. The summed E-state index contributed by atoms with van der Waals surface area (Å²) >= 11 is 5.99. The molecule has 0 saturated heterocycles. The molecule has 0 spiro atoms. The largest absolute Gasteiger partial charge is 0.495 e. The molecule has 1 N–H and O–H groups in total. The van der Waals surface area contributed by atoms with E-state index in [-0.39, 0.29) is 5.75 Å². The Balaban J connectivity index is 2.03. The molecule has 0 bridgehead atoms. The van der Waals surface area contributed by atoms with Gasteiger partial charge in [-0.1, -0.05) is 11.6 Å². The van der Waals surface area contributed by atoms with Crippen LogP contribution < -0.4 is 14.8 Å². The average Bonchev–Trinajstić information content (AvgIpc) is 2.55. The standard InChI is InChI=1S/C16H14ClFN2O5/c1-9-5-13(15(24-2)7-11(9)17)19-16(21)8-25-10-3-4-14(20(22)23)12(18)6-10/h3-7H,8H2,1-2H3,(H,19,21). The smallest absolute Gasteiger partial charge is 0.305 e. The highest BCUT2D eigenvalue weighted by molar-refractivity contribution is 6.31. The van der Waals surface area contributed by atoms with Crippen LogP contribution in [0.2, 0.25) is 5.02 Å². The molecular formula is C16H14ClFN2O5. The van der Waals surface area contributed by atoms with Gasteiger partial charge in [0.15, 0.2) is 6.61 Å². The van der Waals surface area contributed by atoms with Crippen LogP contribution in [0.15, 0.2) is 30.3 Å². The minimum absolute atomic E-state index is 0.00231. The molecule has 2 rings (SSSR count). The predicted molar refractivity (Wildman–Crippen MR) is 89.9 cm³/mol. The van der Waals surface area contributed by atoms with Crippen LogP contribution >= 0.6 is 11.6 Å². The molecule has 0 aromatic heterocycles. The molecule has 0 aliphatic heterocycles. The Labute approximate surface area is 147 Å². The zero-order valence-electron chi connectivity index (χ0n) is 13.3. The van der Waals surface area contributed by atoms with Crippen LogP contribution in [-0.2, 0) is 4.79 Å². The first kappa shape index (κ1) is 18.5. The minimum Gasteiger partial charge on any atom is -0.495 e. The number of carbonyl (C=O) groups excluding carboxylic acids is 1. The Morgan fingerprint density at radius 1 is 1.36 bits per heavy atom. The molecule has 132 valence electrons. The highest BCUT2D eigenvalue weighted by atomic mass is 35.5. The average molecular weight is 369 g/mol. The van der Waals surface area contributed by atoms with E-state index in [0.717, 1.165) is 17.7 Å². The fourth-order valence-electron chi connectivity index (χ4n) is 1.99. The van der Waals surface area contributed by atoms with Crippen molar-refractivity contribution in [2.24, 2.45) is 0 Å². The normalized spacial score (nSPS) is 10.2. The van der Waals surface area contributed by atoms with Gasteiger partial charge in [0.2, 0.25) is 5.82 Å². The van der Waals surface area contributed by atoms with Gasteiger partial charge < -0.3 is 14.8 Å². The Hall–Kier alpha value is -2.87. The monoisotopic (exact) mass is 368 g/mol. The number of aryl methyl sites for hydroxylation is 1. The summed E-state index contributed by atoms with van der Waals surface area (Å²) in [7, 11) is 1.44. The molecule has 0 unspecified atom stereocenters. The Morgan fingerprint density at radius 3 is 2.68 bits per heavy atom. The second-order valence-electron chi connectivity index (χ2n) is 5.01. The van der Waals surface area contributed by atoms with Gasteiger partial charge >= 0.3 is 5.69 Å². The fourth-order valence-corrected chi connectivity index (χ4v) is 2.14. The topological polar surface area (TPSA) is 90.7 Å². The van der Waals surface area contributed by atoms with Crippen molar-refractivity contribution in [1.82, 2.24) is 0 Å². The highest BCUT2D eigenvalue weighted by Crippen LogP contribution is 2.31. The molecule has 9 heteroatoms. The van der Waals surface area contributed by atoms with Crippen LogP contribution in [0.4, 0.5) is 15.8 Å². The van der Waals surface area contributed by atoms with E-state index in [9.17, 15) is 19.3 Å². The van der Waals surface area contributed by atoms with Crippen molar-refractivity contribution in [3.05, 3.63) is 56.8 Å². The molecule has 25 heavy (non-hydrogen) atoms. The van der Waals surface area contributed by atoms with Gasteiger partial charge in [0.1, 0.15) is 11.5 Å². The zero-order chi connectivity index (χ0) is 18.6. The van der Waals surface area contributed by atoms with Gasteiger partial charge in [0, 0.05) is 23.2 Å². The highest BCUT2D eigenvalue weighted by Gasteiger charge is 2.15. The molecule has 2 aromatic rings. The molecule has 2 aromatic carbocycles. The van der Waals surface area contributed by atoms with E-state index in [4.69, 9.17) is 21.1 Å². The third-order valence-electron chi connectivity index (χ3n) is 3.24. The van der Waals surface area contributed by atoms with Gasteiger partial charge in [-0.15, -0.1) is 0 Å². The van der Waals surface area contributed by atoms with Crippen LogP contribution in [0.5, 0.6) is 11.5 Å². The predicted octanol–water partition coefficient (Wildman–Crippen LogP) is 3.72. The lowest BCUT2D eigenvalue weighted by molar-refractivity contribution is -0.387. The van der Waals surface area contributed by atoms with Gasteiger partial charge in [-0.3, -0.25) is 14.9 Å². The molecule has 1 amide bonds. The van der Waals surface area contributed by atoms with Crippen LogP contribution in [-0.4, -0.2) is 24.5 Å². The minimum atomic E-state index is -1.04. The number of hydrogen-bond acceptors (Lipinski definition) is 5. The fraction of sp³-hybridized carbons (Fsp3) is 0.188. The lowest BCUT2D eigenvalue weighted by Gasteiger charge is -2.12. The van der Waals surface area contributed by atoms with Crippen molar-refractivity contribution in [2.75, 3.05) is 19.0 Å².